The number of rotatable bonds is 2. The van der Waals surface area contributed by atoms with Crippen LogP contribution in [0.5, 0.6) is 0 Å². The Morgan fingerprint density at radius 1 is 1.29 bits per heavy atom. The fourth-order valence-electron chi connectivity index (χ4n) is 1.56. The van der Waals surface area contributed by atoms with Crippen molar-refractivity contribution in [2.45, 2.75) is 0 Å². The molecular weight excluding hydrogens is 302 g/mol. The molecule has 3 N–H and O–H groups in total. The Balaban J connectivity index is 2.19. The van der Waals surface area contributed by atoms with Crippen molar-refractivity contribution in [1.82, 2.24) is 14.6 Å². The Hall–Kier alpha value is -1.44. The lowest BCUT2D eigenvalue weighted by Gasteiger charge is -1.96. The first-order valence-electron chi connectivity index (χ1n) is 4.86. The van der Waals surface area contributed by atoms with Crippen LogP contribution in [-0.4, -0.2) is 14.6 Å². The summed E-state index contributed by atoms with van der Waals surface area (Å²) in [5.74, 6) is 5.31. The van der Waals surface area contributed by atoms with Gasteiger partial charge in [-0.05, 0) is 15.9 Å². The molecule has 17 heavy (non-hydrogen) atoms. The maximum atomic E-state index is 5.31. The highest BCUT2D eigenvalue weighted by molar-refractivity contribution is 9.10. The van der Waals surface area contributed by atoms with Gasteiger partial charge in [-0.1, -0.05) is 41.7 Å². The summed E-state index contributed by atoms with van der Waals surface area (Å²) >= 11 is 4.91. The van der Waals surface area contributed by atoms with Crippen LogP contribution in [0.2, 0.25) is 0 Å². The summed E-state index contributed by atoms with van der Waals surface area (Å²) in [6, 6.07) is 9.97. The number of halogens is 1. The fourth-order valence-corrected chi connectivity index (χ4v) is 2.95. The van der Waals surface area contributed by atoms with Crippen LogP contribution in [-0.2, 0) is 0 Å². The van der Waals surface area contributed by atoms with E-state index in [0.717, 1.165) is 20.8 Å². The number of imidazole rings is 1. The number of fused-ring (bicyclic) bond motifs is 1. The number of benzene rings is 1. The first-order valence-corrected chi connectivity index (χ1v) is 6.47. The fraction of sp³-hybridized carbons (Fsp3) is 0. The van der Waals surface area contributed by atoms with E-state index in [4.69, 9.17) is 5.84 Å². The van der Waals surface area contributed by atoms with E-state index in [1.807, 2.05) is 30.3 Å². The van der Waals surface area contributed by atoms with Crippen LogP contribution in [0.3, 0.4) is 0 Å². The maximum Gasteiger partial charge on any atom is 0.219 e. The summed E-state index contributed by atoms with van der Waals surface area (Å²) in [5.41, 5.74) is 4.45. The average Bonchev–Trinajstić information content (AvgIpc) is 2.90. The van der Waals surface area contributed by atoms with Gasteiger partial charge in [-0.15, -0.1) is 5.10 Å². The molecule has 0 unspecified atom stereocenters. The van der Waals surface area contributed by atoms with E-state index in [9.17, 15) is 0 Å². The van der Waals surface area contributed by atoms with E-state index >= 15 is 0 Å². The van der Waals surface area contributed by atoms with Crippen molar-refractivity contribution < 1.29 is 0 Å². The molecule has 0 radical (unpaired) electrons. The van der Waals surface area contributed by atoms with E-state index in [0.29, 0.717) is 5.13 Å². The highest BCUT2D eigenvalue weighted by Crippen LogP contribution is 2.31. The van der Waals surface area contributed by atoms with Crippen LogP contribution in [0, 0.1) is 0 Å². The Morgan fingerprint density at radius 2 is 2.06 bits per heavy atom. The van der Waals surface area contributed by atoms with Crippen molar-refractivity contribution in [3.63, 3.8) is 0 Å². The maximum absolute atomic E-state index is 5.31. The third-order valence-electron chi connectivity index (χ3n) is 2.32. The number of nitrogens with one attached hydrogen (secondary N) is 1. The van der Waals surface area contributed by atoms with Crippen molar-refractivity contribution >= 4 is 37.4 Å². The first kappa shape index (κ1) is 10.7. The molecule has 86 valence electrons. The zero-order valence-electron chi connectivity index (χ0n) is 8.59. The number of nitrogens with two attached hydrogens (primary N) is 1. The van der Waals surface area contributed by atoms with E-state index < -0.39 is 0 Å². The van der Waals surface area contributed by atoms with Crippen LogP contribution in [0.4, 0.5) is 5.13 Å². The summed E-state index contributed by atoms with van der Waals surface area (Å²) in [5, 5.41) is 4.90. The number of hydrogen-bond acceptors (Lipinski definition) is 5. The smallest absolute Gasteiger partial charge is 0.219 e. The number of anilines is 1. The molecule has 0 bridgehead atoms. The number of hydrazine groups is 1. The normalized spacial score (nSPS) is 10.9. The third kappa shape index (κ3) is 1.72. The molecule has 0 saturated heterocycles. The van der Waals surface area contributed by atoms with Gasteiger partial charge in [0.05, 0.1) is 0 Å². The van der Waals surface area contributed by atoms with Gasteiger partial charge in [-0.2, -0.15) is 4.52 Å². The molecule has 1 aromatic carbocycles. The molecule has 0 fully saturated rings. The van der Waals surface area contributed by atoms with Gasteiger partial charge in [0.15, 0.2) is 0 Å². The number of hydrogen-bond donors (Lipinski definition) is 2. The molecule has 3 aromatic rings. The van der Waals surface area contributed by atoms with E-state index in [1.54, 1.807) is 4.52 Å². The molecular formula is C10H8BrN5S. The largest absolute Gasteiger partial charge is 0.298 e. The van der Waals surface area contributed by atoms with Crippen molar-refractivity contribution in [2.24, 2.45) is 5.84 Å². The van der Waals surface area contributed by atoms with E-state index in [1.165, 1.54) is 11.3 Å². The second-order valence-electron chi connectivity index (χ2n) is 3.36. The number of aromatic nitrogens is 3. The molecule has 0 aliphatic heterocycles. The lowest BCUT2D eigenvalue weighted by atomic mass is 10.2. The predicted octanol–water partition coefficient (Wildman–Crippen LogP) is 2.51. The molecule has 0 atom stereocenters. The van der Waals surface area contributed by atoms with Crippen LogP contribution in [0.1, 0.15) is 0 Å². The molecule has 0 saturated carbocycles. The Morgan fingerprint density at radius 3 is 2.71 bits per heavy atom. The molecule has 2 heterocycles. The van der Waals surface area contributed by atoms with Gasteiger partial charge in [0.1, 0.15) is 10.3 Å². The summed E-state index contributed by atoms with van der Waals surface area (Å²) in [6.07, 6.45) is 0. The minimum atomic E-state index is 0.632. The lowest BCUT2D eigenvalue weighted by Crippen LogP contribution is -2.06. The van der Waals surface area contributed by atoms with Crippen molar-refractivity contribution in [1.29, 1.82) is 0 Å². The van der Waals surface area contributed by atoms with E-state index in [-0.39, 0.29) is 0 Å². The van der Waals surface area contributed by atoms with Gasteiger partial charge in [0.25, 0.3) is 0 Å². The molecule has 0 amide bonds. The van der Waals surface area contributed by atoms with Crippen molar-refractivity contribution in [2.75, 3.05) is 5.43 Å². The Kier molecular flexibility index (Phi) is 2.58. The topological polar surface area (TPSA) is 68.2 Å². The average molecular weight is 310 g/mol. The van der Waals surface area contributed by atoms with Gasteiger partial charge in [-0.3, -0.25) is 5.43 Å². The van der Waals surface area contributed by atoms with Gasteiger partial charge in [0.2, 0.25) is 10.1 Å². The Bertz CT molecular complexity index is 660. The summed E-state index contributed by atoms with van der Waals surface area (Å²) in [6.45, 7) is 0. The summed E-state index contributed by atoms with van der Waals surface area (Å²) in [4.78, 5) is 5.32. The second-order valence-corrected chi connectivity index (χ2v) is 5.07. The standard InChI is InChI=1S/C10H8BrN5S/c11-8-7(6-4-2-1-3-5-6)13-10-16(8)15-9(14-12)17-10/h1-5H,12H2,(H,14,15). The minimum absolute atomic E-state index is 0.632. The summed E-state index contributed by atoms with van der Waals surface area (Å²) in [7, 11) is 0. The second kappa shape index (κ2) is 4.10. The summed E-state index contributed by atoms with van der Waals surface area (Å²) < 4.78 is 2.55. The van der Waals surface area contributed by atoms with Gasteiger partial charge >= 0.3 is 0 Å². The highest BCUT2D eigenvalue weighted by Gasteiger charge is 2.15. The van der Waals surface area contributed by atoms with Crippen molar-refractivity contribution in [3.8, 4) is 11.3 Å². The third-order valence-corrected chi connectivity index (χ3v) is 3.87. The molecule has 5 nitrogen and oxygen atoms in total. The van der Waals surface area contributed by atoms with E-state index in [2.05, 4.69) is 31.4 Å². The van der Waals surface area contributed by atoms with Crippen LogP contribution in [0.25, 0.3) is 16.2 Å². The zero-order chi connectivity index (χ0) is 11.8. The predicted molar refractivity (Wildman–Crippen MR) is 71.8 cm³/mol. The molecule has 0 aliphatic rings. The quantitative estimate of drug-likeness (QED) is 0.564. The van der Waals surface area contributed by atoms with Gasteiger partial charge in [0, 0.05) is 5.56 Å². The molecule has 7 heteroatoms. The minimum Gasteiger partial charge on any atom is -0.298 e. The SMILES string of the molecule is NNc1nn2c(Br)c(-c3ccccc3)nc2s1. The van der Waals surface area contributed by atoms with Crippen LogP contribution >= 0.6 is 27.3 Å². The molecule has 0 spiro atoms. The van der Waals surface area contributed by atoms with Gasteiger partial charge < -0.3 is 0 Å². The molecule has 3 rings (SSSR count). The first-order chi connectivity index (χ1) is 8.29. The highest BCUT2D eigenvalue weighted by atomic mass is 79.9. The Labute approximate surface area is 109 Å². The van der Waals surface area contributed by atoms with Crippen molar-refractivity contribution in [3.05, 3.63) is 34.9 Å². The van der Waals surface area contributed by atoms with Crippen LogP contribution < -0.4 is 11.3 Å². The monoisotopic (exact) mass is 309 g/mol. The van der Waals surface area contributed by atoms with Crippen LogP contribution in [0.15, 0.2) is 34.9 Å². The van der Waals surface area contributed by atoms with Gasteiger partial charge in [-0.25, -0.2) is 10.8 Å². The molecule has 2 aromatic heterocycles. The lowest BCUT2D eigenvalue weighted by molar-refractivity contribution is 0.949. The number of nitrogen functional groups attached to an aromatic ring is 1. The zero-order valence-corrected chi connectivity index (χ0v) is 11.0. The number of nitrogens with zero attached hydrogens (tertiary/aromatic N) is 3. The molecule has 0 aliphatic carbocycles.